The molecule has 196 valence electrons. The lowest BCUT2D eigenvalue weighted by Crippen LogP contribution is -2.71. The fourth-order valence-corrected chi connectivity index (χ4v) is 5.77. The summed E-state index contributed by atoms with van der Waals surface area (Å²) in [6.45, 7) is 2.90. The Kier molecular flexibility index (Phi) is 8.04. The van der Waals surface area contributed by atoms with Crippen LogP contribution in [0.5, 0.6) is 0 Å². The molecule has 2 aliphatic rings. The summed E-state index contributed by atoms with van der Waals surface area (Å²) in [4.78, 5) is 50.3. The van der Waals surface area contributed by atoms with Gasteiger partial charge in [0.05, 0.1) is 11.7 Å². The van der Waals surface area contributed by atoms with Gasteiger partial charge in [-0.25, -0.2) is 4.57 Å². The average molecular weight is 547 g/mol. The number of nitrogens with zero attached hydrogens (tertiary/aromatic N) is 6. The van der Waals surface area contributed by atoms with E-state index in [1.807, 2.05) is 48.1 Å². The number of hydrogen-bond acceptors (Lipinski definition) is 12. The Morgan fingerprint density at radius 1 is 1.43 bits per heavy atom. The maximum absolute atomic E-state index is 13.0. The number of aromatic nitrogens is 3. The summed E-state index contributed by atoms with van der Waals surface area (Å²) < 4.78 is 5.86. The number of carboxylic acid groups (broad SMARTS) is 1. The number of nitrogens with one attached hydrogen (secondary N) is 1. The molecular formula is C22H26N8O5S2. The zero-order chi connectivity index (χ0) is 26.7. The van der Waals surface area contributed by atoms with Crippen LogP contribution in [0.3, 0.4) is 0 Å². The Morgan fingerprint density at radius 3 is 2.86 bits per heavy atom. The zero-order valence-electron chi connectivity index (χ0n) is 20.4. The second-order valence-electron chi connectivity index (χ2n) is 8.54. The first-order valence-electron chi connectivity index (χ1n) is 11.3. The maximum atomic E-state index is 13.0. The summed E-state index contributed by atoms with van der Waals surface area (Å²) in [5, 5.41) is 18.0. The molecule has 4 heterocycles. The van der Waals surface area contributed by atoms with E-state index in [1.54, 1.807) is 6.92 Å². The van der Waals surface area contributed by atoms with Crippen LogP contribution in [-0.4, -0.2) is 80.5 Å². The molecule has 0 aromatic carbocycles. The van der Waals surface area contributed by atoms with Crippen LogP contribution >= 0.6 is 23.3 Å². The smallest absolute Gasteiger partial charge is 0.278 e. The molecule has 3 N–H and O–H groups in total. The molecule has 2 atom stereocenters. The average Bonchev–Trinajstić information content (AvgIpc) is 3.27. The number of carboxylic acids is 1. The van der Waals surface area contributed by atoms with Crippen LogP contribution in [0.2, 0.25) is 0 Å². The van der Waals surface area contributed by atoms with Crippen molar-refractivity contribution < 1.29 is 28.9 Å². The third kappa shape index (κ3) is 5.73. The van der Waals surface area contributed by atoms with Crippen molar-refractivity contribution in [1.82, 2.24) is 24.5 Å². The number of thioether (sulfide) groups is 1. The third-order valence-electron chi connectivity index (χ3n) is 5.47. The summed E-state index contributed by atoms with van der Waals surface area (Å²) >= 11 is 2.25. The van der Waals surface area contributed by atoms with E-state index in [2.05, 4.69) is 19.8 Å². The number of anilines is 1. The summed E-state index contributed by atoms with van der Waals surface area (Å²) in [6, 6.07) is 2.91. The van der Waals surface area contributed by atoms with Crippen LogP contribution in [-0.2, 0) is 32.3 Å². The lowest BCUT2D eigenvalue weighted by atomic mass is 10.0. The molecule has 37 heavy (non-hydrogen) atoms. The Morgan fingerprint density at radius 2 is 2.22 bits per heavy atom. The molecule has 1 unspecified atom stereocenters. The van der Waals surface area contributed by atoms with Gasteiger partial charge in [0.2, 0.25) is 11.5 Å². The maximum Gasteiger partial charge on any atom is 0.278 e. The van der Waals surface area contributed by atoms with Crippen molar-refractivity contribution in [2.75, 3.05) is 32.2 Å². The lowest BCUT2D eigenvalue weighted by molar-refractivity contribution is -0.689. The van der Waals surface area contributed by atoms with E-state index in [0.717, 1.165) is 23.6 Å². The number of carbonyl (C=O) groups is 3. The predicted molar refractivity (Wildman–Crippen MR) is 134 cm³/mol. The third-order valence-corrected chi connectivity index (χ3v) is 7.35. The molecule has 15 heteroatoms. The zero-order valence-corrected chi connectivity index (χ0v) is 22.0. The van der Waals surface area contributed by atoms with E-state index >= 15 is 0 Å². The van der Waals surface area contributed by atoms with E-state index < -0.39 is 29.2 Å². The largest absolute Gasteiger partial charge is 0.543 e. The first kappa shape index (κ1) is 26.5. The van der Waals surface area contributed by atoms with Gasteiger partial charge >= 0.3 is 0 Å². The predicted octanol–water partition coefficient (Wildman–Crippen LogP) is -1.69. The lowest BCUT2D eigenvalue weighted by Gasteiger charge is -2.50. The highest BCUT2D eigenvalue weighted by Gasteiger charge is 2.53. The minimum Gasteiger partial charge on any atom is -0.543 e. The highest BCUT2D eigenvalue weighted by atomic mass is 32.2. The Bertz CT molecular complexity index is 1280. The Labute approximate surface area is 221 Å². The van der Waals surface area contributed by atoms with Crippen LogP contribution in [0.15, 0.2) is 41.0 Å². The number of nitrogen functional groups attached to an aromatic ring is 1. The van der Waals surface area contributed by atoms with Crippen LogP contribution in [0.1, 0.15) is 18.3 Å². The van der Waals surface area contributed by atoms with Gasteiger partial charge in [0.15, 0.2) is 24.1 Å². The summed E-state index contributed by atoms with van der Waals surface area (Å²) in [5.74, 6) is -2.42. The normalized spacial score (nSPS) is 19.5. The highest BCUT2D eigenvalue weighted by Crippen LogP contribution is 2.40. The Balaban J connectivity index is 1.52. The molecule has 0 radical (unpaired) electrons. The van der Waals surface area contributed by atoms with Gasteiger partial charge in [0.25, 0.3) is 11.8 Å². The number of amides is 2. The van der Waals surface area contributed by atoms with Crippen molar-refractivity contribution in [3.8, 4) is 0 Å². The number of aliphatic carboxylic acids is 1. The van der Waals surface area contributed by atoms with Gasteiger partial charge in [-0.3, -0.25) is 14.5 Å². The van der Waals surface area contributed by atoms with Gasteiger partial charge in [0, 0.05) is 41.0 Å². The summed E-state index contributed by atoms with van der Waals surface area (Å²) in [6.07, 6.45) is 3.78. The second-order valence-corrected chi connectivity index (χ2v) is 10.4. The molecule has 0 spiro atoms. The topological polar surface area (TPSA) is 170 Å². The van der Waals surface area contributed by atoms with Crippen molar-refractivity contribution in [2.45, 2.75) is 31.4 Å². The molecule has 0 bridgehead atoms. The number of rotatable bonds is 10. The number of nitrogens with two attached hydrogens (primary N) is 1. The van der Waals surface area contributed by atoms with E-state index in [1.165, 1.54) is 16.7 Å². The SMILES string of the molecule is CCON=C(C(=O)NC1C(=O)N2C(C(=O)[O-])=C(C[n+]3cccc(CN(C)C)c3)CS[C@H]12)c1nsc(N)n1. The number of oxime groups is 1. The van der Waals surface area contributed by atoms with Crippen LogP contribution < -0.4 is 20.7 Å². The summed E-state index contributed by atoms with van der Waals surface area (Å²) in [5.41, 5.74) is 6.83. The van der Waals surface area contributed by atoms with Crippen LogP contribution in [0.25, 0.3) is 0 Å². The highest BCUT2D eigenvalue weighted by molar-refractivity contribution is 8.00. The van der Waals surface area contributed by atoms with Gasteiger partial charge < -0.3 is 30.7 Å². The molecule has 13 nitrogen and oxygen atoms in total. The Hall–Kier alpha value is -3.56. The van der Waals surface area contributed by atoms with E-state index in [-0.39, 0.29) is 35.5 Å². The second kappa shape index (κ2) is 11.2. The molecule has 2 amide bonds. The molecule has 1 saturated heterocycles. The first-order valence-corrected chi connectivity index (χ1v) is 13.1. The quantitative estimate of drug-likeness (QED) is 0.152. The minimum absolute atomic E-state index is 0.0282. The number of hydrogen-bond donors (Lipinski definition) is 2. The fourth-order valence-electron chi connectivity index (χ4n) is 4.00. The van der Waals surface area contributed by atoms with Crippen molar-refractivity contribution in [2.24, 2.45) is 5.16 Å². The minimum atomic E-state index is -1.44. The van der Waals surface area contributed by atoms with Crippen molar-refractivity contribution >= 4 is 51.9 Å². The van der Waals surface area contributed by atoms with E-state index in [4.69, 9.17) is 10.6 Å². The first-order chi connectivity index (χ1) is 17.7. The number of pyridine rings is 1. The number of carbonyl (C=O) groups excluding carboxylic acids is 3. The van der Waals surface area contributed by atoms with E-state index in [0.29, 0.717) is 11.3 Å². The van der Waals surface area contributed by atoms with Crippen LogP contribution in [0.4, 0.5) is 5.13 Å². The van der Waals surface area contributed by atoms with Crippen molar-refractivity contribution in [1.29, 1.82) is 0 Å². The molecule has 2 aromatic rings. The van der Waals surface area contributed by atoms with Gasteiger partial charge in [-0.05, 0) is 27.1 Å². The van der Waals surface area contributed by atoms with Crippen molar-refractivity contribution in [3.05, 3.63) is 47.2 Å². The standard InChI is InChI=1S/C22H26N8O5S2/c1-4-35-26-14(17-25-22(23)37-27-17)18(31)24-15-19(32)30-16(21(33)34)13(11-36-20(15)30)10-29-7-5-6-12(9-29)8-28(2)3/h5-7,9,15,20H,4,8,10-11H2,1-3H3,(H3-,23,24,25,27,31,33,34)/t15?,20-/m1/s1. The molecule has 2 aromatic heterocycles. The summed E-state index contributed by atoms with van der Waals surface area (Å²) in [7, 11) is 3.93. The molecular weight excluding hydrogens is 520 g/mol. The monoisotopic (exact) mass is 546 g/mol. The van der Waals surface area contributed by atoms with Gasteiger partial charge in [-0.1, -0.05) is 5.16 Å². The van der Waals surface area contributed by atoms with Crippen molar-refractivity contribution in [3.63, 3.8) is 0 Å². The number of fused-ring (bicyclic) bond motifs is 1. The molecule has 0 saturated carbocycles. The molecule has 0 aliphatic carbocycles. The molecule has 1 fully saturated rings. The molecule has 4 rings (SSSR count). The van der Waals surface area contributed by atoms with E-state index in [9.17, 15) is 19.5 Å². The molecule has 2 aliphatic heterocycles. The van der Waals surface area contributed by atoms with Crippen LogP contribution in [0, 0.1) is 0 Å². The van der Waals surface area contributed by atoms with Gasteiger partial charge in [-0.15, -0.1) is 11.8 Å². The van der Waals surface area contributed by atoms with Gasteiger partial charge in [-0.2, -0.15) is 9.36 Å². The fraction of sp³-hybridized carbons (Fsp3) is 0.409. The van der Waals surface area contributed by atoms with Gasteiger partial charge in [0.1, 0.15) is 18.0 Å². The number of β-lactam (4-membered cyclic amide) rings is 1.